The number of nitrogens with one attached hydrogen (secondary N) is 1. The number of morpholine rings is 1. The van der Waals surface area contributed by atoms with E-state index in [2.05, 4.69) is 26.3 Å². The summed E-state index contributed by atoms with van der Waals surface area (Å²) in [5, 5.41) is 4.54. The summed E-state index contributed by atoms with van der Waals surface area (Å²) in [5.74, 6) is 1.58. The first kappa shape index (κ1) is 23.1. The maximum atomic E-state index is 11.4. The fourth-order valence-electron chi connectivity index (χ4n) is 3.59. The molecule has 0 atom stereocenters. The smallest absolute Gasteiger partial charge is 0.305 e. The molecular weight excluding hydrogens is 442 g/mol. The number of aromatic nitrogens is 4. The average Bonchev–Trinajstić information content (AvgIpc) is 3.25. The number of anilines is 3. The van der Waals surface area contributed by atoms with E-state index in [0.29, 0.717) is 32.1 Å². The van der Waals surface area contributed by atoms with Crippen LogP contribution in [0, 0.1) is 0 Å². The third-order valence-corrected chi connectivity index (χ3v) is 6.33. The highest BCUT2D eigenvalue weighted by Gasteiger charge is 2.20. The molecule has 3 aromatic rings. The number of fused-ring (bicyclic) bond motifs is 1. The van der Waals surface area contributed by atoms with Gasteiger partial charge in [0.25, 0.3) is 0 Å². The molecule has 0 aliphatic carbocycles. The highest BCUT2D eigenvalue weighted by molar-refractivity contribution is 7.23. The first-order valence-corrected chi connectivity index (χ1v) is 12.1. The topological polar surface area (TPSA) is 128 Å². The van der Waals surface area contributed by atoms with E-state index in [0.717, 1.165) is 65.5 Å². The van der Waals surface area contributed by atoms with Gasteiger partial charge in [0.1, 0.15) is 0 Å². The van der Waals surface area contributed by atoms with Crippen molar-refractivity contribution >= 4 is 44.3 Å². The Morgan fingerprint density at radius 1 is 1.21 bits per heavy atom. The van der Waals surface area contributed by atoms with Crippen LogP contribution in [0.4, 0.5) is 16.8 Å². The van der Waals surface area contributed by atoms with Crippen LogP contribution in [0.1, 0.15) is 32.6 Å². The Bertz CT molecular complexity index is 1070. The third-order valence-electron chi connectivity index (χ3n) is 5.26. The third kappa shape index (κ3) is 6.05. The maximum Gasteiger partial charge on any atom is 0.305 e. The van der Waals surface area contributed by atoms with Gasteiger partial charge in [-0.3, -0.25) is 4.79 Å². The largest absolute Gasteiger partial charge is 0.466 e. The molecule has 0 unspecified atom stereocenters. The van der Waals surface area contributed by atoms with E-state index in [1.807, 2.05) is 6.92 Å². The molecule has 3 N–H and O–H groups in total. The van der Waals surface area contributed by atoms with Crippen LogP contribution in [0.2, 0.25) is 0 Å². The Balaban J connectivity index is 1.47. The van der Waals surface area contributed by atoms with E-state index in [4.69, 9.17) is 25.2 Å². The van der Waals surface area contributed by atoms with Crippen LogP contribution < -0.4 is 16.0 Å². The van der Waals surface area contributed by atoms with Crippen molar-refractivity contribution in [2.45, 2.75) is 32.6 Å². The number of hydrogen-bond acceptors (Lipinski definition) is 11. The standard InChI is InChI=1S/C22H29N7O3S/c1-2-32-18(30)6-4-3-5-7-24-17-12-16-19(33-17)21(29-8-10-31-11-9-29)28-20(27-16)15-13-25-22(23)26-14-15/h12-14,24H,2-11H2,1H3,(H2,23,25,26). The molecule has 0 radical (unpaired) electrons. The molecule has 0 saturated carbocycles. The summed E-state index contributed by atoms with van der Waals surface area (Å²) in [4.78, 5) is 31.5. The van der Waals surface area contributed by atoms with Crippen LogP contribution in [-0.4, -0.2) is 65.4 Å². The predicted molar refractivity (Wildman–Crippen MR) is 129 cm³/mol. The number of hydrogen-bond donors (Lipinski definition) is 2. The summed E-state index contributed by atoms with van der Waals surface area (Å²) in [5.41, 5.74) is 7.24. The number of unbranched alkanes of at least 4 members (excludes halogenated alkanes) is 2. The van der Waals surface area contributed by atoms with Gasteiger partial charge >= 0.3 is 5.97 Å². The summed E-state index contributed by atoms with van der Waals surface area (Å²) in [7, 11) is 0. The average molecular weight is 472 g/mol. The summed E-state index contributed by atoms with van der Waals surface area (Å²) in [6.45, 7) is 6.01. The van der Waals surface area contributed by atoms with Crippen molar-refractivity contribution in [3.63, 3.8) is 0 Å². The molecule has 1 aliphatic heterocycles. The SMILES string of the molecule is CCOC(=O)CCCCCNc1cc2nc(-c3cnc(N)nc3)nc(N3CCOCC3)c2s1. The highest BCUT2D eigenvalue weighted by atomic mass is 32.1. The molecule has 1 saturated heterocycles. The lowest BCUT2D eigenvalue weighted by atomic mass is 10.2. The molecule has 1 aliphatic rings. The van der Waals surface area contributed by atoms with Crippen LogP contribution >= 0.6 is 11.3 Å². The lowest BCUT2D eigenvalue weighted by Crippen LogP contribution is -2.36. The van der Waals surface area contributed by atoms with Crippen molar-refractivity contribution in [1.29, 1.82) is 0 Å². The number of carbonyl (C=O) groups is 1. The van der Waals surface area contributed by atoms with Gasteiger partial charge in [0.05, 0.1) is 40.6 Å². The fraction of sp³-hybridized carbons (Fsp3) is 0.500. The van der Waals surface area contributed by atoms with E-state index >= 15 is 0 Å². The van der Waals surface area contributed by atoms with E-state index < -0.39 is 0 Å². The number of nitrogens with two attached hydrogens (primary N) is 1. The molecular formula is C22H29N7O3S. The van der Waals surface area contributed by atoms with Crippen LogP contribution in [0.5, 0.6) is 0 Å². The normalized spacial score (nSPS) is 13.9. The second kappa shape index (κ2) is 11.2. The van der Waals surface area contributed by atoms with Gasteiger partial charge in [0, 0.05) is 38.4 Å². The lowest BCUT2D eigenvalue weighted by molar-refractivity contribution is -0.143. The Morgan fingerprint density at radius 3 is 2.76 bits per heavy atom. The van der Waals surface area contributed by atoms with Gasteiger partial charge in [0.15, 0.2) is 11.6 Å². The van der Waals surface area contributed by atoms with Crippen molar-refractivity contribution in [1.82, 2.24) is 19.9 Å². The van der Waals surface area contributed by atoms with Crippen LogP contribution in [0.15, 0.2) is 18.5 Å². The van der Waals surface area contributed by atoms with Gasteiger partial charge in [0.2, 0.25) is 5.95 Å². The lowest BCUT2D eigenvalue weighted by Gasteiger charge is -2.28. The highest BCUT2D eigenvalue weighted by Crippen LogP contribution is 2.36. The van der Waals surface area contributed by atoms with Crippen LogP contribution in [0.25, 0.3) is 21.6 Å². The molecule has 10 nitrogen and oxygen atoms in total. The fourth-order valence-corrected chi connectivity index (χ4v) is 4.63. The van der Waals surface area contributed by atoms with Gasteiger partial charge in [-0.2, -0.15) is 0 Å². The number of esters is 1. The molecule has 33 heavy (non-hydrogen) atoms. The minimum absolute atomic E-state index is 0.119. The number of carbonyl (C=O) groups excluding carboxylic acids is 1. The quantitative estimate of drug-likeness (QED) is 0.336. The summed E-state index contributed by atoms with van der Waals surface area (Å²) < 4.78 is 11.5. The Morgan fingerprint density at radius 2 is 2.00 bits per heavy atom. The monoisotopic (exact) mass is 471 g/mol. The molecule has 4 heterocycles. The molecule has 176 valence electrons. The zero-order chi connectivity index (χ0) is 23.0. The summed E-state index contributed by atoms with van der Waals surface area (Å²) in [6.07, 6.45) is 6.56. The molecule has 0 spiro atoms. The van der Waals surface area contributed by atoms with Crippen LogP contribution in [-0.2, 0) is 14.3 Å². The Labute approximate surface area is 196 Å². The molecule has 1 fully saturated rings. The summed E-state index contributed by atoms with van der Waals surface area (Å²) in [6, 6.07) is 2.06. The number of thiophene rings is 1. The van der Waals surface area contributed by atoms with Gasteiger partial charge in [-0.25, -0.2) is 19.9 Å². The first-order valence-electron chi connectivity index (χ1n) is 11.3. The molecule has 0 aromatic carbocycles. The van der Waals surface area contributed by atoms with E-state index in [-0.39, 0.29) is 11.9 Å². The van der Waals surface area contributed by atoms with Crippen molar-refractivity contribution in [3.05, 3.63) is 18.5 Å². The Kier molecular flexibility index (Phi) is 7.84. The van der Waals surface area contributed by atoms with Crippen LogP contribution in [0.3, 0.4) is 0 Å². The first-order chi connectivity index (χ1) is 16.1. The number of ether oxygens (including phenoxy) is 2. The van der Waals surface area contributed by atoms with Gasteiger partial charge in [-0.05, 0) is 25.8 Å². The zero-order valence-corrected chi connectivity index (χ0v) is 19.6. The summed E-state index contributed by atoms with van der Waals surface area (Å²) >= 11 is 1.66. The predicted octanol–water partition coefficient (Wildman–Crippen LogP) is 3.10. The zero-order valence-electron chi connectivity index (χ0n) is 18.7. The molecule has 3 aromatic heterocycles. The molecule has 0 bridgehead atoms. The second-order valence-corrected chi connectivity index (χ2v) is 8.72. The van der Waals surface area contributed by atoms with E-state index in [1.54, 1.807) is 23.7 Å². The van der Waals surface area contributed by atoms with Gasteiger partial charge in [-0.15, -0.1) is 11.3 Å². The molecule has 4 rings (SSSR count). The van der Waals surface area contributed by atoms with Crippen molar-refractivity contribution in [2.24, 2.45) is 0 Å². The number of nitrogen functional groups attached to an aromatic ring is 1. The molecule has 11 heteroatoms. The number of rotatable bonds is 10. The second-order valence-electron chi connectivity index (χ2n) is 7.67. The van der Waals surface area contributed by atoms with Crippen molar-refractivity contribution < 1.29 is 14.3 Å². The minimum atomic E-state index is -0.119. The van der Waals surface area contributed by atoms with Crippen molar-refractivity contribution in [2.75, 3.05) is 55.4 Å². The maximum absolute atomic E-state index is 11.4. The van der Waals surface area contributed by atoms with Gasteiger partial charge < -0.3 is 25.4 Å². The van der Waals surface area contributed by atoms with Crippen molar-refractivity contribution in [3.8, 4) is 11.4 Å². The Hall–Kier alpha value is -3.05. The minimum Gasteiger partial charge on any atom is -0.466 e. The molecule has 0 amide bonds. The number of nitrogens with zero attached hydrogens (tertiary/aromatic N) is 5. The van der Waals surface area contributed by atoms with Gasteiger partial charge in [-0.1, -0.05) is 6.42 Å². The van der Waals surface area contributed by atoms with E-state index in [9.17, 15) is 4.79 Å². The van der Waals surface area contributed by atoms with E-state index in [1.165, 1.54) is 0 Å².